The molecule has 0 radical (unpaired) electrons. The summed E-state index contributed by atoms with van der Waals surface area (Å²) in [5.74, 6) is 0.524. The monoisotopic (exact) mass is 269 g/mol. The van der Waals surface area contributed by atoms with E-state index >= 15 is 0 Å². The molecule has 4 nitrogen and oxygen atoms in total. The average Bonchev–Trinajstić information content (AvgIpc) is 2.87. The highest BCUT2D eigenvalue weighted by atomic mass is 16.4. The van der Waals surface area contributed by atoms with Gasteiger partial charge in [0, 0.05) is 19.4 Å². The molecule has 0 saturated heterocycles. The summed E-state index contributed by atoms with van der Waals surface area (Å²) in [6.45, 7) is 2.71. The van der Waals surface area contributed by atoms with Gasteiger partial charge in [-0.3, -0.25) is 9.59 Å². The van der Waals surface area contributed by atoms with Crippen molar-refractivity contribution in [2.75, 3.05) is 6.54 Å². The van der Waals surface area contributed by atoms with Crippen LogP contribution in [0.3, 0.4) is 0 Å². The van der Waals surface area contributed by atoms with E-state index in [2.05, 4.69) is 5.32 Å². The molecule has 1 saturated carbocycles. The van der Waals surface area contributed by atoms with Crippen LogP contribution in [0.4, 0.5) is 0 Å². The van der Waals surface area contributed by atoms with Crippen LogP contribution in [0.15, 0.2) is 0 Å². The lowest BCUT2D eigenvalue weighted by molar-refractivity contribution is -0.137. The van der Waals surface area contributed by atoms with Crippen LogP contribution in [0.2, 0.25) is 0 Å². The molecule has 1 amide bonds. The van der Waals surface area contributed by atoms with E-state index in [4.69, 9.17) is 5.11 Å². The summed E-state index contributed by atoms with van der Waals surface area (Å²) >= 11 is 0. The van der Waals surface area contributed by atoms with Crippen LogP contribution in [-0.2, 0) is 9.59 Å². The topological polar surface area (TPSA) is 66.4 Å². The van der Waals surface area contributed by atoms with Gasteiger partial charge in [-0.25, -0.2) is 0 Å². The summed E-state index contributed by atoms with van der Waals surface area (Å²) < 4.78 is 0. The van der Waals surface area contributed by atoms with E-state index in [-0.39, 0.29) is 12.3 Å². The third kappa shape index (κ3) is 7.85. The zero-order valence-electron chi connectivity index (χ0n) is 12.0. The first-order chi connectivity index (χ1) is 9.08. The Bertz CT molecular complexity index is 285. The van der Waals surface area contributed by atoms with Gasteiger partial charge in [0.15, 0.2) is 0 Å². The number of nitrogens with one attached hydrogen (secondary N) is 1. The Hall–Kier alpha value is -1.06. The van der Waals surface area contributed by atoms with Gasteiger partial charge in [0.25, 0.3) is 0 Å². The largest absolute Gasteiger partial charge is 0.481 e. The molecule has 0 aromatic heterocycles. The molecule has 4 heteroatoms. The third-order valence-corrected chi connectivity index (χ3v) is 4.06. The van der Waals surface area contributed by atoms with Gasteiger partial charge in [0.2, 0.25) is 5.91 Å². The van der Waals surface area contributed by atoms with Crippen molar-refractivity contribution in [2.45, 2.75) is 64.7 Å². The minimum atomic E-state index is -0.743. The van der Waals surface area contributed by atoms with Crippen LogP contribution >= 0.6 is 0 Å². The Kier molecular flexibility index (Phi) is 7.53. The van der Waals surface area contributed by atoms with Crippen LogP contribution < -0.4 is 5.32 Å². The summed E-state index contributed by atoms with van der Waals surface area (Å²) in [5.41, 5.74) is 0. The van der Waals surface area contributed by atoms with Gasteiger partial charge in [-0.2, -0.15) is 0 Å². The van der Waals surface area contributed by atoms with Crippen molar-refractivity contribution in [3.05, 3.63) is 0 Å². The zero-order chi connectivity index (χ0) is 14.1. The third-order valence-electron chi connectivity index (χ3n) is 4.06. The average molecular weight is 269 g/mol. The van der Waals surface area contributed by atoms with Crippen molar-refractivity contribution >= 4 is 11.9 Å². The highest BCUT2D eigenvalue weighted by Gasteiger charge is 2.16. The number of hydrogen-bond donors (Lipinski definition) is 2. The molecule has 0 bridgehead atoms. The van der Waals surface area contributed by atoms with Crippen LogP contribution in [0, 0.1) is 11.8 Å². The molecule has 0 heterocycles. The maximum absolute atomic E-state index is 11.6. The van der Waals surface area contributed by atoms with Gasteiger partial charge < -0.3 is 10.4 Å². The summed E-state index contributed by atoms with van der Waals surface area (Å²) in [4.78, 5) is 22.1. The molecule has 1 aliphatic rings. The number of carboxylic acids is 1. The fraction of sp³-hybridized carbons (Fsp3) is 0.867. The van der Waals surface area contributed by atoms with Crippen LogP contribution in [-0.4, -0.2) is 23.5 Å². The molecular formula is C15H27NO3. The van der Waals surface area contributed by atoms with Gasteiger partial charge in [-0.05, 0) is 31.1 Å². The van der Waals surface area contributed by atoms with Crippen molar-refractivity contribution in [3.8, 4) is 0 Å². The smallest absolute Gasteiger partial charge is 0.303 e. The maximum Gasteiger partial charge on any atom is 0.303 e. The number of amides is 1. The van der Waals surface area contributed by atoms with E-state index in [1.807, 2.05) is 6.92 Å². The normalized spacial score (nSPS) is 17.3. The van der Waals surface area contributed by atoms with Gasteiger partial charge in [0.05, 0.1) is 0 Å². The second-order valence-corrected chi connectivity index (χ2v) is 5.87. The molecule has 1 atom stereocenters. The van der Waals surface area contributed by atoms with E-state index in [1.54, 1.807) is 0 Å². The van der Waals surface area contributed by atoms with Crippen LogP contribution in [0.5, 0.6) is 0 Å². The lowest BCUT2D eigenvalue weighted by Gasteiger charge is -2.12. The first kappa shape index (κ1) is 16.0. The molecule has 0 aliphatic heterocycles. The fourth-order valence-corrected chi connectivity index (χ4v) is 2.69. The van der Waals surface area contributed by atoms with E-state index in [9.17, 15) is 9.59 Å². The van der Waals surface area contributed by atoms with Crippen LogP contribution in [0.25, 0.3) is 0 Å². The molecule has 0 aromatic rings. The van der Waals surface area contributed by atoms with E-state index in [0.29, 0.717) is 25.3 Å². The first-order valence-corrected chi connectivity index (χ1v) is 7.56. The zero-order valence-corrected chi connectivity index (χ0v) is 12.0. The molecule has 110 valence electrons. The van der Waals surface area contributed by atoms with Gasteiger partial charge >= 0.3 is 5.97 Å². The molecule has 1 fully saturated rings. The van der Waals surface area contributed by atoms with Crippen molar-refractivity contribution in [3.63, 3.8) is 0 Å². The van der Waals surface area contributed by atoms with Crippen molar-refractivity contribution in [1.29, 1.82) is 0 Å². The number of rotatable bonds is 9. The van der Waals surface area contributed by atoms with E-state index in [1.165, 1.54) is 25.7 Å². The van der Waals surface area contributed by atoms with E-state index in [0.717, 1.165) is 18.8 Å². The highest BCUT2D eigenvalue weighted by molar-refractivity contribution is 5.75. The van der Waals surface area contributed by atoms with Gasteiger partial charge in [0.1, 0.15) is 0 Å². The second-order valence-electron chi connectivity index (χ2n) is 5.87. The summed E-state index contributed by atoms with van der Waals surface area (Å²) in [7, 11) is 0. The van der Waals surface area contributed by atoms with Crippen LogP contribution in [0.1, 0.15) is 64.7 Å². The molecule has 19 heavy (non-hydrogen) atoms. The van der Waals surface area contributed by atoms with Crippen molar-refractivity contribution in [1.82, 2.24) is 5.32 Å². The lowest BCUT2D eigenvalue weighted by atomic mass is 10.0. The summed E-state index contributed by atoms with van der Waals surface area (Å²) in [6.07, 6.45) is 8.68. The predicted molar refractivity (Wildman–Crippen MR) is 74.9 cm³/mol. The summed E-state index contributed by atoms with van der Waals surface area (Å²) in [5, 5.41) is 11.5. The lowest BCUT2D eigenvalue weighted by Crippen LogP contribution is -2.25. The maximum atomic E-state index is 11.6. The van der Waals surface area contributed by atoms with E-state index < -0.39 is 5.97 Å². The standard InChI is InChI=1S/C15H27NO3/c1-12(6-9-15(18)19)10-11-16-14(17)8-7-13-4-2-3-5-13/h12-13H,2-11H2,1H3,(H,16,17)(H,18,19). The molecule has 1 unspecified atom stereocenters. The second kappa shape index (κ2) is 8.94. The highest BCUT2D eigenvalue weighted by Crippen LogP contribution is 2.28. The number of hydrogen-bond acceptors (Lipinski definition) is 2. The Morgan fingerprint density at radius 2 is 1.89 bits per heavy atom. The molecular weight excluding hydrogens is 242 g/mol. The number of carbonyl (C=O) groups excluding carboxylic acids is 1. The van der Waals surface area contributed by atoms with Gasteiger partial charge in [-0.15, -0.1) is 0 Å². The predicted octanol–water partition coefficient (Wildman–Crippen LogP) is 2.96. The van der Waals surface area contributed by atoms with Crippen molar-refractivity contribution in [2.24, 2.45) is 11.8 Å². The molecule has 0 spiro atoms. The minimum absolute atomic E-state index is 0.150. The quantitative estimate of drug-likeness (QED) is 0.676. The minimum Gasteiger partial charge on any atom is -0.481 e. The first-order valence-electron chi connectivity index (χ1n) is 7.56. The number of carboxylic acid groups (broad SMARTS) is 1. The van der Waals surface area contributed by atoms with Gasteiger partial charge in [-0.1, -0.05) is 32.6 Å². The molecule has 1 rings (SSSR count). The fourth-order valence-electron chi connectivity index (χ4n) is 2.69. The molecule has 2 N–H and O–H groups in total. The Balaban J connectivity index is 1.98. The Morgan fingerprint density at radius 1 is 1.21 bits per heavy atom. The number of aliphatic carboxylic acids is 1. The summed E-state index contributed by atoms with van der Waals surface area (Å²) in [6, 6.07) is 0. The SMILES string of the molecule is CC(CCNC(=O)CCC1CCCC1)CCC(=O)O. The number of carbonyl (C=O) groups is 2. The Morgan fingerprint density at radius 3 is 2.53 bits per heavy atom. The molecule has 0 aromatic carbocycles. The Labute approximate surface area is 116 Å². The van der Waals surface area contributed by atoms with Crippen molar-refractivity contribution < 1.29 is 14.7 Å². The molecule has 1 aliphatic carbocycles.